The van der Waals surface area contributed by atoms with Crippen LogP contribution in [-0.2, 0) is 11.2 Å². The van der Waals surface area contributed by atoms with Crippen molar-refractivity contribution in [3.05, 3.63) is 29.3 Å². The molecule has 0 saturated heterocycles. The van der Waals surface area contributed by atoms with Crippen LogP contribution in [0.5, 0.6) is 11.5 Å². The fraction of sp³-hybridized carbons (Fsp3) is 0.526. The van der Waals surface area contributed by atoms with Gasteiger partial charge in [0.15, 0.2) is 0 Å². The second-order valence-electron chi connectivity index (χ2n) is 6.44. The molecule has 0 aromatic heterocycles. The van der Waals surface area contributed by atoms with Crippen molar-refractivity contribution in [3.8, 4) is 11.5 Å². The van der Waals surface area contributed by atoms with E-state index >= 15 is 0 Å². The summed E-state index contributed by atoms with van der Waals surface area (Å²) < 4.78 is 11.5. The molecule has 0 saturated carbocycles. The quantitative estimate of drug-likeness (QED) is 0.816. The molecule has 0 spiro atoms. The molecule has 0 aliphatic carbocycles. The Labute approximate surface area is 138 Å². The number of carbonyl (C=O) groups is 1. The lowest BCUT2D eigenvalue weighted by atomic mass is 10.1. The van der Waals surface area contributed by atoms with Crippen molar-refractivity contribution in [1.82, 2.24) is 5.32 Å². The number of carbonyl (C=O) groups excluding carboxylic acids is 1. The third kappa shape index (κ3) is 4.50. The molecule has 1 aliphatic heterocycles. The Morgan fingerprint density at radius 1 is 1.43 bits per heavy atom. The zero-order valence-corrected chi connectivity index (χ0v) is 14.7. The van der Waals surface area contributed by atoms with E-state index in [0.717, 1.165) is 29.0 Å². The van der Waals surface area contributed by atoms with Gasteiger partial charge >= 0.3 is 0 Å². The summed E-state index contributed by atoms with van der Waals surface area (Å²) in [6.45, 7) is 10.8. The topological polar surface area (TPSA) is 47.6 Å². The Hall–Kier alpha value is -1.97. The zero-order chi connectivity index (χ0) is 17.0. The SMILES string of the molecule is CCOc1cc2c(cc1C=CC(=O)NC(C)C(C)C)OC(C)C2. The summed E-state index contributed by atoms with van der Waals surface area (Å²) in [6, 6.07) is 4.12. The van der Waals surface area contributed by atoms with Gasteiger partial charge < -0.3 is 14.8 Å². The van der Waals surface area contributed by atoms with Crippen LogP contribution in [0.25, 0.3) is 6.08 Å². The van der Waals surface area contributed by atoms with E-state index in [1.165, 1.54) is 0 Å². The van der Waals surface area contributed by atoms with Gasteiger partial charge in [-0.1, -0.05) is 13.8 Å². The minimum Gasteiger partial charge on any atom is -0.493 e. The van der Waals surface area contributed by atoms with E-state index in [9.17, 15) is 4.79 Å². The van der Waals surface area contributed by atoms with Gasteiger partial charge in [-0.15, -0.1) is 0 Å². The molecule has 4 heteroatoms. The first-order chi connectivity index (χ1) is 10.9. The van der Waals surface area contributed by atoms with Crippen molar-refractivity contribution < 1.29 is 14.3 Å². The first-order valence-corrected chi connectivity index (χ1v) is 8.35. The predicted octanol–water partition coefficient (Wildman–Crippen LogP) is 3.58. The van der Waals surface area contributed by atoms with Crippen LogP contribution < -0.4 is 14.8 Å². The number of hydrogen-bond acceptors (Lipinski definition) is 3. The van der Waals surface area contributed by atoms with Gasteiger partial charge in [0.1, 0.15) is 17.6 Å². The van der Waals surface area contributed by atoms with Gasteiger partial charge in [0.05, 0.1) is 6.61 Å². The molecule has 0 radical (unpaired) electrons. The molecule has 1 amide bonds. The molecule has 1 heterocycles. The van der Waals surface area contributed by atoms with E-state index in [2.05, 4.69) is 26.1 Å². The van der Waals surface area contributed by atoms with Crippen LogP contribution >= 0.6 is 0 Å². The van der Waals surface area contributed by atoms with Crippen LogP contribution in [0.15, 0.2) is 18.2 Å². The standard InChI is InChI=1S/C19H27NO3/c1-6-22-17-11-16-9-13(4)23-18(16)10-15(17)7-8-19(21)20-14(5)12(2)3/h7-8,10-14H,6,9H2,1-5H3,(H,20,21). The molecule has 0 fully saturated rings. The zero-order valence-electron chi connectivity index (χ0n) is 14.7. The highest BCUT2D eigenvalue weighted by Crippen LogP contribution is 2.35. The van der Waals surface area contributed by atoms with Crippen LogP contribution in [0.2, 0.25) is 0 Å². The van der Waals surface area contributed by atoms with Gasteiger partial charge in [-0.2, -0.15) is 0 Å². The maximum Gasteiger partial charge on any atom is 0.244 e. The Bertz CT molecular complexity index is 593. The molecule has 0 bridgehead atoms. The van der Waals surface area contributed by atoms with E-state index in [1.807, 2.05) is 26.0 Å². The lowest BCUT2D eigenvalue weighted by Gasteiger charge is -2.16. The van der Waals surface area contributed by atoms with Crippen LogP contribution in [-0.4, -0.2) is 24.7 Å². The molecule has 1 aliphatic rings. The molecular weight excluding hydrogens is 290 g/mol. The molecule has 23 heavy (non-hydrogen) atoms. The minimum atomic E-state index is -0.0940. The summed E-state index contributed by atoms with van der Waals surface area (Å²) in [4.78, 5) is 12.0. The second-order valence-corrected chi connectivity index (χ2v) is 6.44. The number of benzene rings is 1. The number of amides is 1. The fourth-order valence-electron chi connectivity index (χ4n) is 2.47. The lowest BCUT2D eigenvalue weighted by molar-refractivity contribution is -0.117. The summed E-state index contributed by atoms with van der Waals surface area (Å²) in [7, 11) is 0. The van der Waals surface area contributed by atoms with Crippen molar-refractivity contribution >= 4 is 12.0 Å². The van der Waals surface area contributed by atoms with Crippen molar-refractivity contribution in [3.63, 3.8) is 0 Å². The summed E-state index contributed by atoms with van der Waals surface area (Å²) in [5.74, 6) is 1.99. The highest BCUT2D eigenvalue weighted by molar-refractivity contribution is 5.92. The first-order valence-electron chi connectivity index (χ1n) is 8.35. The summed E-state index contributed by atoms with van der Waals surface area (Å²) >= 11 is 0. The smallest absolute Gasteiger partial charge is 0.244 e. The Morgan fingerprint density at radius 3 is 2.83 bits per heavy atom. The molecule has 126 valence electrons. The van der Waals surface area contributed by atoms with Crippen molar-refractivity contribution in [2.45, 2.75) is 53.2 Å². The minimum absolute atomic E-state index is 0.0940. The van der Waals surface area contributed by atoms with E-state index in [-0.39, 0.29) is 18.1 Å². The van der Waals surface area contributed by atoms with Gasteiger partial charge in [0.25, 0.3) is 0 Å². The fourth-order valence-corrected chi connectivity index (χ4v) is 2.47. The molecule has 1 N–H and O–H groups in total. The van der Waals surface area contributed by atoms with Crippen LogP contribution in [0, 0.1) is 5.92 Å². The summed E-state index contributed by atoms with van der Waals surface area (Å²) in [5, 5.41) is 2.96. The molecule has 1 aromatic rings. The highest BCUT2D eigenvalue weighted by Gasteiger charge is 2.21. The van der Waals surface area contributed by atoms with E-state index in [0.29, 0.717) is 12.5 Å². The number of rotatable bonds is 6. The number of nitrogens with one attached hydrogen (secondary N) is 1. The molecule has 2 rings (SSSR count). The van der Waals surface area contributed by atoms with E-state index in [1.54, 1.807) is 12.2 Å². The van der Waals surface area contributed by atoms with Gasteiger partial charge in [-0.05, 0) is 44.9 Å². The molecular formula is C19H27NO3. The third-order valence-corrected chi connectivity index (χ3v) is 4.11. The lowest BCUT2D eigenvalue weighted by Crippen LogP contribution is -2.34. The average molecular weight is 317 g/mol. The number of hydrogen-bond donors (Lipinski definition) is 1. The average Bonchev–Trinajstić information content (AvgIpc) is 2.84. The molecule has 2 unspecified atom stereocenters. The van der Waals surface area contributed by atoms with Crippen molar-refractivity contribution in [1.29, 1.82) is 0 Å². The maximum absolute atomic E-state index is 12.0. The monoisotopic (exact) mass is 317 g/mol. The normalized spacial score (nSPS) is 17.9. The largest absolute Gasteiger partial charge is 0.493 e. The van der Waals surface area contributed by atoms with Crippen LogP contribution in [0.4, 0.5) is 0 Å². The summed E-state index contributed by atoms with van der Waals surface area (Å²) in [5.41, 5.74) is 2.03. The van der Waals surface area contributed by atoms with E-state index in [4.69, 9.17) is 9.47 Å². The summed E-state index contributed by atoms with van der Waals surface area (Å²) in [6.07, 6.45) is 4.43. The van der Waals surface area contributed by atoms with Gasteiger partial charge in [-0.25, -0.2) is 0 Å². The second kappa shape index (κ2) is 7.53. The molecule has 2 atom stereocenters. The van der Waals surface area contributed by atoms with Crippen molar-refractivity contribution in [2.24, 2.45) is 5.92 Å². The predicted molar refractivity (Wildman–Crippen MR) is 92.9 cm³/mol. The Balaban J connectivity index is 2.16. The Kier molecular flexibility index (Phi) is 5.69. The van der Waals surface area contributed by atoms with Crippen LogP contribution in [0.3, 0.4) is 0 Å². The van der Waals surface area contributed by atoms with Crippen LogP contribution in [0.1, 0.15) is 45.7 Å². The van der Waals surface area contributed by atoms with Gasteiger partial charge in [0.2, 0.25) is 5.91 Å². The number of ether oxygens (including phenoxy) is 2. The molecule has 4 nitrogen and oxygen atoms in total. The third-order valence-electron chi connectivity index (χ3n) is 4.11. The first kappa shape index (κ1) is 17.4. The van der Waals surface area contributed by atoms with Crippen molar-refractivity contribution in [2.75, 3.05) is 6.61 Å². The van der Waals surface area contributed by atoms with Gasteiger partial charge in [0, 0.05) is 29.7 Å². The van der Waals surface area contributed by atoms with Gasteiger partial charge in [-0.3, -0.25) is 4.79 Å². The Morgan fingerprint density at radius 2 is 2.17 bits per heavy atom. The van der Waals surface area contributed by atoms with E-state index < -0.39 is 0 Å². The molecule has 1 aromatic carbocycles. The number of fused-ring (bicyclic) bond motifs is 1. The highest BCUT2D eigenvalue weighted by atomic mass is 16.5. The maximum atomic E-state index is 12.0.